The molecule has 3 rings (SSSR count). The van der Waals surface area contributed by atoms with E-state index in [2.05, 4.69) is 10.6 Å². The van der Waals surface area contributed by atoms with E-state index in [9.17, 15) is 14.4 Å². The van der Waals surface area contributed by atoms with Crippen molar-refractivity contribution < 1.29 is 19.1 Å². The zero-order valence-corrected chi connectivity index (χ0v) is 17.3. The summed E-state index contributed by atoms with van der Waals surface area (Å²) >= 11 is 0. The molecule has 0 spiro atoms. The van der Waals surface area contributed by atoms with Crippen LogP contribution in [-0.4, -0.2) is 48.5 Å². The predicted molar refractivity (Wildman–Crippen MR) is 109 cm³/mol. The van der Waals surface area contributed by atoms with Gasteiger partial charge in [-0.15, -0.1) is 0 Å². The number of hydrogen-bond donors (Lipinski definition) is 2. The van der Waals surface area contributed by atoms with Gasteiger partial charge in [-0.2, -0.15) is 0 Å². The number of imide groups is 1. The maximum Gasteiger partial charge on any atom is 0.325 e. The number of nitrogens with zero attached hydrogens (tertiary/aromatic N) is 1. The standard InChI is InChI=1S/C22H31N3O4/c1-16-9-11-17(12-10-16)22(2)20(27)25(21(28)24-22)15-19(26)23-13-6-14-29-18-7-4-3-5-8-18/h9-12,18H,3-8,13-15H2,1-2H3,(H,23,26)(H,24,28). The minimum absolute atomic E-state index is 0.282. The van der Waals surface area contributed by atoms with Crippen LogP contribution in [0, 0.1) is 6.92 Å². The van der Waals surface area contributed by atoms with Crippen LogP contribution in [0.2, 0.25) is 0 Å². The van der Waals surface area contributed by atoms with Crippen molar-refractivity contribution in [1.29, 1.82) is 0 Å². The van der Waals surface area contributed by atoms with Crippen LogP contribution in [-0.2, 0) is 19.9 Å². The number of carbonyl (C=O) groups is 3. The van der Waals surface area contributed by atoms with Gasteiger partial charge in [0.25, 0.3) is 5.91 Å². The zero-order valence-electron chi connectivity index (χ0n) is 17.3. The number of benzene rings is 1. The molecule has 29 heavy (non-hydrogen) atoms. The molecule has 2 aliphatic rings. The Balaban J connectivity index is 1.44. The summed E-state index contributed by atoms with van der Waals surface area (Å²) in [6.45, 7) is 4.41. The molecule has 0 radical (unpaired) electrons. The molecule has 1 aromatic carbocycles. The number of nitrogens with one attached hydrogen (secondary N) is 2. The number of aryl methyl sites for hydroxylation is 1. The third-order valence-corrected chi connectivity index (χ3v) is 5.75. The second-order valence-corrected chi connectivity index (χ2v) is 8.15. The van der Waals surface area contributed by atoms with E-state index < -0.39 is 17.5 Å². The van der Waals surface area contributed by atoms with Crippen molar-refractivity contribution in [2.75, 3.05) is 19.7 Å². The Bertz CT molecular complexity index is 743. The van der Waals surface area contributed by atoms with E-state index in [0.29, 0.717) is 31.2 Å². The van der Waals surface area contributed by atoms with Crippen molar-refractivity contribution in [3.05, 3.63) is 35.4 Å². The lowest BCUT2D eigenvalue weighted by Crippen LogP contribution is -2.43. The summed E-state index contributed by atoms with van der Waals surface area (Å²) in [6.07, 6.45) is 7.07. The van der Waals surface area contributed by atoms with Crippen molar-refractivity contribution in [1.82, 2.24) is 15.5 Å². The van der Waals surface area contributed by atoms with Gasteiger partial charge in [0.2, 0.25) is 5.91 Å². The van der Waals surface area contributed by atoms with Crippen molar-refractivity contribution in [2.45, 2.75) is 64.0 Å². The summed E-state index contributed by atoms with van der Waals surface area (Å²) in [6, 6.07) is 6.89. The first-order valence-corrected chi connectivity index (χ1v) is 10.5. The third kappa shape index (κ3) is 5.15. The molecule has 1 unspecified atom stereocenters. The SMILES string of the molecule is Cc1ccc(C2(C)NC(=O)N(CC(=O)NCCCOC3CCCCC3)C2=O)cc1. The van der Waals surface area contributed by atoms with Gasteiger partial charge in [-0.1, -0.05) is 49.1 Å². The molecule has 2 fully saturated rings. The molecular formula is C22H31N3O4. The van der Waals surface area contributed by atoms with Gasteiger partial charge in [0.15, 0.2) is 0 Å². The summed E-state index contributed by atoms with van der Waals surface area (Å²) in [4.78, 5) is 38.4. The second kappa shape index (κ2) is 9.39. The van der Waals surface area contributed by atoms with Crippen molar-refractivity contribution >= 4 is 17.8 Å². The van der Waals surface area contributed by atoms with E-state index in [0.717, 1.165) is 23.3 Å². The molecule has 7 heteroatoms. The van der Waals surface area contributed by atoms with Gasteiger partial charge in [0.05, 0.1) is 6.10 Å². The second-order valence-electron chi connectivity index (χ2n) is 8.15. The Morgan fingerprint density at radius 2 is 1.90 bits per heavy atom. The minimum Gasteiger partial charge on any atom is -0.378 e. The van der Waals surface area contributed by atoms with Crippen LogP contribution in [0.1, 0.15) is 56.6 Å². The number of rotatable bonds is 8. The van der Waals surface area contributed by atoms with E-state index in [1.165, 1.54) is 19.3 Å². The Hall–Kier alpha value is -2.41. The largest absolute Gasteiger partial charge is 0.378 e. The summed E-state index contributed by atoms with van der Waals surface area (Å²) in [7, 11) is 0. The number of amides is 4. The Labute approximate surface area is 172 Å². The topological polar surface area (TPSA) is 87.7 Å². The van der Waals surface area contributed by atoms with E-state index in [1.807, 2.05) is 31.2 Å². The van der Waals surface area contributed by atoms with Gasteiger partial charge in [-0.05, 0) is 38.7 Å². The molecule has 4 amide bonds. The average molecular weight is 402 g/mol. The number of carbonyl (C=O) groups excluding carboxylic acids is 3. The molecule has 0 aromatic heterocycles. The molecule has 1 saturated carbocycles. The first kappa shape index (κ1) is 21.3. The van der Waals surface area contributed by atoms with E-state index in [1.54, 1.807) is 6.92 Å². The van der Waals surface area contributed by atoms with E-state index >= 15 is 0 Å². The molecule has 1 aliphatic carbocycles. The van der Waals surface area contributed by atoms with Crippen LogP contribution >= 0.6 is 0 Å². The predicted octanol–water partition coefficient (Wildman–Crippen LogP) is 2.62. The highest BCUT2D eigenvalue weighted by Gasteiger charge is 2.49. The number of urea groups is 1. The normalized spacial score (nSPS) is 22.6. The van der Waals surface area contributed by atoms with Gasteiger partial charge >= 0.3 is 6.03 Å². The van der Waals surface area contributed by atoms with Gasteiger partial charge in [0, 0.05) is 13.2 Å². The monoisotopic (exact) mass is 401 g/mol. The fourth-order valence-electron chi connectivity index (χ4n) is 3.90. The van der Waals surface area contributed by atoms with Gasteiger partial charge in [-0.25, -0.2) is 4.79 Å². The first-order chi connectivity index (χ1) is 13.9. The molecule has 158 valence electrons. The highest BCUT2D eigenvalue weighted by molar-refractivity contribution is 6.09. The highest BCUT2D eigenvalue weighted by Crippen LogP contribution is 2.28. The van der Waals surface area contributed by atoms with Crippen molar-refractivity contribution in [2.24, 2.45) is 0 Å². The van der Waals surface area contributed by atoms with E-state index in [4.69, 9.17) is 4.74 Å². The number of ether oxygens (including phenoxy) is 1. The Morgan fingerprint density at radius 3 is 2.59 bits per heavy atom. The summed E-state index contributed by atoms with van der Waals surface area (Å²) < 4.78 is 5.84. The van der Waals surface area contributed by atoms with Crippen LogP contribution in [0.15, 0.2) is 24.3 Å². The molecule has 1 heterocycles. The lowest BCUT2D eigenvalue weighted by molar-refractivity contribution is -0.134. The van der Waals surface area contributed by atoms with E-state index in [-0.39, 0.29) is 12.5 Å². The van der Waals surface area contributed by atoms with Crippen LogP contribution in [0.3, 0.4) is 0 Å². The molecular weight excluding hydrogens is 370 g/mol. The lowest BCUT2D eigenvalue weighted by atomic mass is 9.91. The molecule has 0 bridgehead atoms. The zero-order chi connectivity index (χ0) is 20.9. The van der Waals surface area contributed by atoms with Gasteiger partial charge < -0.3 is 15.4 Å². The molecule has 1 atom stereocenters. The molecule has 1 aromatic rings. The van der Waals surface area contributed by atoms with Crippen molar-refractivity contribution in [3.63, 3.8) is 0 Å². The lowest BCUT2D eigenvalue weighted by Gasteiger charge is -2.22. The fraction of sp³-hybridized carbons (Fsp3) is 0.591. The minimum atomic E-state index is -1.15. The molecule has 2 N–H and O–H groups in total. The maximum atomic E-state index is 12.9. The van der Waals surface area contributed by atoms with Crippen LogP contribution in [0.4, 0.5) is 4.79 Å². The Kier molecular flexibility index (Phi) is 6.90. The highest BCUT2D eigenvalue weighted by atomic mass is 16.5. The Morgan fingerprint density at radius 1 is 1.21 bits per heavy atom. The maximum absolute atomic E-state index is 12.9. The molecule has 1 aliphatic heterocycles. The smallest absolute Gasteiger partial charge is 0.325 e. The fourth-order valence-corrected chi connectivity index (χ4v) is 3.90. The number of hydrogen-bond acceptors (Lipinski definition) is 4. The quantitative estimate of drug-likeness (QED) is 0.518. The third-order valence-electron chi connectivity index (χ3n) is 5.75. The van der Waals surface area contributed by atoms with Crippen LogP contribution in [0.5, 0.6) is 0 Å². The van der Waals surface area contributed by atoms with Crippen LogP contribution in [0.25, 0.3) is 0 Å². The van der Waals surface area contributed by atoms with Crippen molar-refractivity contribution in [3.8, 4) is 0 Å². The first-order valence-electron chi connectivity index (χ1n) is 10.5. The van der Waals surface area contributed by atoms with Crippen LogP contribution < -0.4 is 10.6 Å². The average Bonchev–Trinajstić information content (AvgIpc) is 2.93. The van der Waals surface area contributed by atoms with Gasteiger partial charge in [-0.3, -0.25) is 14.5 Å². The molecule has 7 nitrogen and oxygen atoms in total. The molecule has 1 saturated heterocycles. The summed E-state index contributed by atoms with van der Waals surface area (Å²) in [5.74, 6) is -0.763. The summed E-state index contributed by atoms with van der Waals surface area (Å²) in [5, 5.41) is 5.49. The van der Waals surface area contributed by atoms with Gasteiger partial charge in [0.1, 0.15) is 12.1 Å². The summed E-state index contributed by atoms with van der Waals surface area (Å²) in [5.41, 5.74) is 0.612.